The molecule has 0 amide bonds. The summed E-state index contributed by atoms with van der Waals surface area (Å²) in [6.45, 7) is 4.07. The third-order valence-corrected chi connectivity index (χ3v) is 4.41. The lowest BCUT2D eigenvalue weighted by Gasteiger charge is -2.37. The summed E-state index contributed by atoms with van der Waals surface area (Å²) in [6, 6.07) is 8.22. The van der Waals surface area contributed by atoms with Crippen LogP contribution in [0.2, 0.25) is 0 Å². The molecule has 1 unspecified atom stereocenters. The van der Waals surface area contributed by atoms with Gasteiger partial charge in [0.05, 0.1) is 19.2 Å². The highest BCUT2D eigenvalue weighted by atomic mass is 16.5. The van der Waals surface area contributed by atoms with Gasteiger partial charge in [0.15, 0.2) is 5.96 Å². The van der Waals surface area contributed by atoms with Gasteiger partial charge in [-0.05, 0) is 37.3 Å². The minimum atomic E-state index is -0.0265. The van der Waals surface area contributed by atoms with E-state index in [4.69, 9.17) is 10.5 Å². The van der Waals surface area contributed by atoms with E-state index in [9.17, 15) is 0 Å². The average molecular weight is 273 g/mol. The molecule has 0 spiro atoms. The molecule has 2 N–H and O–H groups in total. The minimum absolute atomic E-state index is 0.0265. The molecule has 20 heavy (non-hydrogen) atoms. The largest absolute Gasteiger partial charge is 0.496 e. The normalized spacial score (nSPS) is 25.7. The molecule has 1 atom stereocenters. The molecule has 1 aliphatic heterocycles. The molecule has 108 valence electrons. The molecule has 4 nitrogen and oxygen atoms in total. The lowest BCUT2D eigenvalue weighted by Crippen LogP contribution is -2.51. The Balaban J connectivity index is 1.80. The van der Waals surface area contributed by atoms with Gasteiger partial charge in [0.1, 0.15) is 5.75 Å². The molecule has 0 aromatic heterocycles. The maximum Gasteiger partial charge on any atom is 0.191 e. The maximum atomic E-state index is 6.10. The number of nitrogens with two attached hydrogens (primary N) is 1. The Morgan fingerprint density at radius 1 is 1.40 bits per heavy atom. The Morgan fingerprint density at radius 2 is 2.15 bits per heavy atom. The average Bonchev–Trinajstić information content (AvgIpc) is 3.22. The number of hydrogen-bond donors (Lipinski definition) is 1. The zero-order valence-corrected chi connectivity index (χ0v) is 12.3. The molecule has 1 saturated carbocycles. The van der Waals surface area contributed by atoms with Gasteiger partial charge in [0, 0.05) is 13.0 Å². The van der Waals surface area contributed by atoms with E-state index < -0.39 is 0 Å². The molecule has 0 saturated heterocycles. The Labute approximate surface area is 120 Å². The first-order valence-corrected chi connectivity index (χ1v) is 7.32. The lowest BCUT2D eigenvalue weighted by atomic mass is 9.91. The van der Waals surface area contributed by atoms with Gasteiger partial charge in [-0.15, -0.1) is 0 Å². The third-order valence-electron chi connectivity index (χ3n) is 4.41. The fourth-order valence-corrected chi connectivity index (χ4v) is 2.98. The Kier molecular flexibility index (Phi) is 3.32. The van der Waals surface area contributed by atoms with Crippen molar-refractivity contribution in [2.24, 2.45) is 16.6 Å². The van der Waals surface area contributed by atoms with Crippen molar-refractivity contribution in [1.82, 2.24) is 4.90 Å². The first kappa shape index (κ1) is 13.3. The van der Waals surface area contributed by atoms with Crippen LogP contribution in [0.1, 0.15) is 25.3 Å². The molecule has 1 fully saturated rings. The van der Waals surface area contributed by atoms with Crippen LogP contribution in [-0.4, -0.2) is 36.6 Å². The number of para-hydroxylation sites is 1. The van der Waals surface area contributed by atoms with Gasteiger partial charge < -0.3 is 15.4 Å². The predicted molar refractivity (Wildman–Crippen MR) is 81.0 cm³/mol. The number of rotatable bonds is 5. The fourth-order valence-electron chi connectivity index (χ4n) is 2.98. The van der Waals surface area contributed by atoms with Crippen LogP contribution in [0, 0.1) is 5.92 Å². The van der Waals surface area contributed by atoms with Crippen LogP contribution in [-0.2, 0) is 6.42 Å². The number of aliphatic imine (C=N–C) groups is 1. The van der Waals surface area contributed by atoms with Gasteiger partial charge in [-0.3, -0.25) is 4.99 Å². The van der Waals surface area contributed by atoms with Crippen molar-refractivity contribution in [2.45, 2.75) is 31.7 Å². The first-order chi connectivity index (χ1) is 9.62. The zero-order chi connectivity index (χ0) is 14.2. The number of benzene rings is 1. The van der Waals surface area contributed by atoms with Crippen molar-refractivity contribution in [3.63, 3.8) is 0 Å². The number of nitrogens with zero attached hydrogens (tertiary/aromatic N) is 2. The van der Waals surface area contributed by atoms with Crippen molar-refractivity contribution in [1.29, 1.82) is 0 Å². The van der Waals surface area contributed by atoms with E-state index in [2.05, 4.69) is 28.9 Å². The highest BCUT2D eigenvalue weighted by molar-refractivity contribution is 5.81. The highest BCUT2D eigenvalue weighted by Crippen LogP contribution is 2.35. The molecule has 1 aromatic rings. The second-order valence-corrected chi connectivity index (χ2v) is 6.21. The molecular formula is C16H23N3O. The molecule has 0 radical (unpaired) electrons. The summed E-state index contributed by atoms with van der Waals surface area (Å²) in [7, 11) is 1.72. The number of methoxy groups -OCH3 is 1. The molecular weight excluding hydrogens is 250 g/mol. The van der Waals surface area contributed by atoms with Gasteiger partial charge in [0.2, 0.25) is 0 Å². The summed E-state index contributed by atoms with van der Waals surface area (Å²) < 4.78 is 5.47. The second kappa shape index (κ2) is 5.00. The van der Waals surface area contributed by atoms with Crippen LogP contribution in [0.15, 0.2) is 29.3 Å². The quantitative estimate of drug-likeness (QED) is 0.893. The van der Waals surface area contributed by atoms with Gasteiger partial charge in [-0.25, -0.2) is 0 Å². The predicted octanol–water partition coefficient (Wildman–Crippen LogP) is 2.04. The number of hydrogen-bond acceptors (Lipinski definition) is 4. The van der Waals surface area contributed by atoms with E-state index in [0.29, 0.717) is 5.96 Å². The SMILES string of the molecule is COc1ccccc1CC1(C)CN=C(N)N1CC1CC1. The molecule has 2 aliphatic rings. The van der Waals surface area contributed by atoms with Gasteiger partial charge in [-0.1, -0.05) is 18.2 Å². The van der Waals surface area contributed by atoms with Crippen LogP contribution >= 0.6 is 0 Å². The van der Waals surface area contributed by atoms with Crippen LogP contribution in [0.3, 0.4) is 0 Å². The first-order valence-electron chi connectivity index (χ1n) is 7.32. The summed E-state index contributed by atoms with van der Waals surface area (Å²) in [5.41, 5.74) is 7.30. The van der Waals surface area contributed by atoms with Crippen LogP contribution in [0.4, 0.5) is 0 Å². The van der Waals surface area contributed by atoms with E-state index in [0.717, 1.165) is 31.2 Å². The second-order valence-electron chi connectivity index (χ2n) is 6.21. The maximum absolute atomic E-state index is 6.10. The third kappa shape index (κ3) is 2.47. The van der Waals surface area contributed by atoms with E-state index >= 15 is 0 Å². The highest BCUT2D eigenvalue weighted by Gasteiger charge is 2.41. The van der Waals surface area contributed by atoms with Crippen molar-refractivity contribution in [2.75, 3.05) is 20.2 Å². The van der Waals surface area contributed by atoms with Crippen molar-refractivity contribution in [3.8, 4) is 5.75 Å². The van der Waals surface area contributed by atoms with E-state index in [1.165, 1.54) is 18.4 Å². The monoisotopic (exact) mass is 273 g/mol. The zero-order valence-electron chi connectivity index (χ0n) is 12.3. The molecule has 1 aromatic carbocycles. The Bertz CT molecular complexity index is 524. The van der Waals surface area contributed by atoms with Crippen LogP contribution < -0.4 is 10.5 Å². The number of guanidine groups is 1. The van der Waals surface area contributed by atoms with Crippen molar-refractivity contribution < 1.29 is 4.74 Å². The summed E-state index contributed by atoms with van der Waals surface area (Å²) in [5, 5.41) is 0. The smallest absolute Gasteiger partial charge is 0.191 e. The van der Waals surface area contributed by atoms with E-state index in [-0.39, 0.29) is 5.54 Å². The summed E-state index contributed by atoms with van der Waals surface area (Å²) in [6.07, 6.45) is 3.57. The van der Waals surface area contributed by atoms with Crippen molar-refractivity contribution >= 4 is 5.96 Å². The number of ether oxygens (including phenoxy) is 1. The summed E-state index contributed by atoms with van der Waals surface area (Å²) in [4.78, 5) is 6.79. The standard InChI is InChI=1S/C16H23N3O/c1-16(9-13-5-3-4-6-14(13)20-2)11-18-15(17)19(16)10-12-7-8-12/h3-6,12H,7-11H2,1-2H3,(H2,17,18). The molecule has 3 rings (SSSR count). The summed E-state index contributed by atoms with van der Waals surface area (Å²) >= 11 is 0. The Morgan fingerprint density at radius 3 is 2.85 bits per heavy atom. The molecule has 0 bridgehead atoms. The van der Waals surface area contributed by atoms with Crippen molar-refractivity contribution in [3.05, 3.63) is 29.8 Å². The van der Waals surface area contributed by atoms with E-state index in [1.807, 2.05) is 12.1 Å². The molecule has 4 heteroatoms. The Hall–Kier alpha value is -1.71. The van der Waals surface area contributed by atoms with Crippen LogP contribution in [0.5, 0.6) is 5.75 Å². The lowest BCUT2D eigenvalue weighted by molar-refractivity contribution is 0.212. The fraction of sp³-hybridized carbons (Fsp3) is 0.562. The molecule has 1 aliphatic carbocycles. The topological polar surface area (TPSA) is 50.9 Å². The van der Waals surface area contributed by atoms with Gasteiger partial charge in [0.25, 0.3) is 0 Å². The van der Waals surface area contributed by atoms with Gasteiger partial charge >= 0.3 is 0 Å². The van der Waals surface area contributed by atoms with Gasteiger partial charge in [-0.2, -0.15) is 0 Å². The van der Waals surface area contributed by atoms with E-state index in [1.54, 1.807) is 7.11 Å². The molecule has 1 heterocycles. The van der Waals surface area contributed by atoms with Crippen LogP contribution in [0.25, 0.3) is 0 Å². The summed E-state index contributed by atoms with van der Waals surface area (Å²) in [5.74, 6) is 2.46. The minimum Gasteiger partial charge on any atom is -0.496 e.